The van der Waals surface area contributed by atoms with Crippen LogP contribution in [0.4, 0.5) is 0 Å². The van der Waals surface area contributed by atoms with Crippen molar-refractivity contribution in [2.45, 2.75) is 30.2 Å². The van der Waals surface area contributed by atoms with Crippen LogP contribution in [0.25, 0.3) is 0 Å². The highest BCUT2D eigenvalue weighted by Gasteiger charge is 2.31. The summed E-state index contributed by atoms with van der Waals surface area (Å²) >= 11 is 7.38. The highest BCUT2D eigenvalue weighted by molar-refractivity contribution is 8.00. The number of amides is 1. The molecule has 0 bridgehead atoms. The third-order valence-electron chi connectivity index (χ3n) is 3.30. The van der Waals surface area contributed by atoms with Crippen LogP contribution in [0.15, 0.2) is 29.2 Å². The molecule has 0 radical (unpaired) electrons. The van der Waals surface area contributed by atoms with Crippen LogP contribution in [0.1, 0.15) is 19.3 Å². The van der Waals surface area contributed by atoms with Crippen LogP contribution in [0.5, 0.6) is 0 Å². The summed E-state index contributed by atoms with van der Waals surface area (Å²) in [6.07, 6.45) is 2.27. The maximum atomic E-state index is 12.2. The Hall–Kier alpha value is -1.20. The van der Waals surface area contributed by atoms with Crippen molar-refractivity contribution in [1.82, 2.24) is 4.90 Å². The lowest BCUT2D eigenvalue weighted by Crippen LogP contribution is -2.48. The molecule has 0 aliphatic carbocycles. The maximum absolute atomic E-state index is 12.2. The molecule has 0 unspecified atom stereocenters. The maximum Gasteiger partial charge on any atom is 0.326 e. The number of thioether (sulfide) groups is 1. The average molecular weight is 314 g/mol. The van der Waals surface area contributed by atoms with E-state index >= 15 is 0 Å². The van der Waals surface area contributed by atoms with Gasteiger partial charge in [0.2, 0.25) is 5.91 Å². The van der Waals surface area contributed by atoms with E-state index in [0.29, 0.717) is 18.0 Å². The number of hydrogen-bond acceptors (Lipinski definition) is 3. The molecular formula is C14H16ClNO3S. The van der Waals surface area contributed by atoms with E-state index < -0.39 is 12.0 Å². The summed E-state index contributed by atoms with van der Waals surface area (Å²) in [6.45, 7) is 0.527. The number of hydrogen-bond donors (Lipinski definition) is 1. The summed E-state index contributed by atoms with van der Waals surface area (Å²) in [7, 11) is 0. The molecule has 1 atom stereocenters. The van der Waals surface area contributed by atoms with Crippen LogP contribution in [0.3, 0.4) is 0 Å². The molecule has 108 valence electrons. The minimum Gasteiger partial charge on any atom is -0.480 e. The number of halogens is 1. The van der Waals surface area contributed by atoms with Crippen molar-refractivity contribution in [3.05, 3.63) is 29.3 Å². The molecular weight excluding hydrogens is 298 g/mol. The van der Waals surface area contributed by atoms with Crippen LogP contribution >= 0.6 is 23.4 Å². The number of carbonyl (C=O) groups is 2. The van der Waals surface area contributed by atoms with Gasteiger partial charge in [0.05, 0.1) is 10.8 Å². The second-order valence-corrected chi connectivity index (χ2v) is 6.08. The first-order valence-corrected chi connectivity index (χ1v) is 7.85. The normalized spacial score (nSPS) is 18.9. The minimum atomic E-state index is -0.916. The van der Waals surface area contributed by atoms with E-state index in [4.69, 9.17) is 16.7 Å². The molecule has 1 fully saturated rings. The summed E-state index contributed by atoms with van der Waals surface area (Å²) in [6, 6.07) is 6.64. The Bertz CT molecular complexity index is 509. The van der Waals surface area contributed by atoms with Gasteiger partial charge >= 0.3 is 5.97 Å². The molecule has 0 saturated carbocycles. The van der Waals surface area contributed by atoms with Crippen molar-refractivity contribution in [2.75, 3.05) is 12.3 Å². The molecule has 1 aliphatic heterocycles. The SMILES string of the molecule is O=C(O)[C@H]1CCCCN1C(=O)CSc1ccccc1Cl. The summed E-state index contributed by atoms with van der Waals surface area (Å²) < 4.78 is 0. The fourth-order valence-electron chi connectivity index (χ4n) is 2.27. The second-order valence-electron chi connectivity index (χ2n) is 4.66. The smallest absolute Gasteiger partial charge is 0.326 e. The van der Waals surface area contributed by atoms with E-state index in [1.807, 2.05) is 18.2 Å². The summed E-state index contributed by atoms with van der Waals surface area (Å²) in [5.41, 5.74) is 0. The van der Waals surface area contributed by atoms with E-state index in [2.05, 4.69) is 0 Å². The van der Waals surface area contributed by atoms with Crippen molar-refractivity contribution in [1.29, 1.82) is 0 Å². The average Bonchev–Trinajstić information content (AvgIpc) is 2.46. The quantitative estimate of drug-likeness (QED) is 0.868. The van der Waals surface area contributed by atoms with Gasteiger partial charge in [-0.25, -0.2) is 4.79 Å². The van der Waals surface area contributed by atoms with Crippen LogP contribution in [0, 0.1) is 0 Å². The standard InChI is InChI=1S/C14H16ClNO3S/c15-10-5-1-2-7-12(10)20-9-13(17)16-8-4-3-6-11(16)14(18)19/h1-2,5,7,11H,3-4,6,8-9H2,(H,18,19)/t11-/m1/s1. The topological polar surface area (TPSA) is 57.6 Å². The van der Waals surface area contributed by atoms with Crippen LogP contribution in [-0.4, -0.2) is 40.2 Å². The van der Waals surface area contributed by atoms with E-state index in [-0.39, 0.29) is 11.7 Å². The van der Waals surface area contributed by atoms with Crippen LogP contribution in [0.2, 0.25) is 5.02 Å². The van der Waals surface area contributed by atoms with Crippen molar-refractivity contribution >= 4 is 35.2 Å². The van der Waals surface area contributed by atoms with E-state index in [1.54, 1.807) is 6.07 Å². The Labute approximate surface area is 127 Å². The highest BCUT2D eigenvalue weighted by atomic mass is 35.5. The first-order valence-electron chi connectivity index (χ1n) is 6.49. The number of piperidine rings is 1. The lowest BCUT2D eigenvalue weighted by molar-refractivity contribution is -0.150. The van der Waals surface area contributed by atoms with Crippen molar-refractivity contribution in [3.8, 4) is 0 Å². The first-order chi connectivity index (χ1) is 9.59. The van der Waals surface area contributed by atoms with Gasteiger partial charge in [-0.1, -0.05) is 23.7 Å². The van der Waals surface area contributed by atoms with Crippen LogP contribution in [-0.2, 0) is 9.59 Å². The van der Waals surface area contributed by atoms with E-state index in [1.165, 1.54) is 16.7 Å². The van der Waals surface area contributed by atoms with Crippen molar-refractivity contribution in [2.24, 2.45) is 0 Å². The summed E-state index contributed by atoms with van der Waals surface area (Å²) in [5, 5.41) is 9.78. The zero-order chi connectivity index (χ0) is 14.5. The number of nitrogens with zero attached hydrogens (tertiary/aromatic N) is 1. The molecule has 1 aliphatic rings. The van der Waals surface area contributed by atoms with Crippen LogP contribution < -0.4 is 0 Å². The number of carbonyl (C=O) groups excluding carboxylic acids is 1. The van der Waals surface area contributed by atoms with Crippen molar-refractivity contribution < 1.29 is 14.7 Å². The Balaban J connectivity index is 1.97. The highest BCUT2D eigenvalue weighted by Crippen LogP contribution is 2.27. The molecule has 1 aromatic carbocycles. The summed E-state index contributed by atoms with van der Waals surface area (Å²) in [4.78, 5) is 25.7. The largest absolute Gasteiger partial charge is 0.480 e. The molecule has 1 heterocycles. The Morgan fingerprint density at radius 2 is 2.10 bits per heavy atom. The molecule has 1 saturated heterocycles. The molecule has 2 rings (SSSR count). The van der Waals surface area contributed by atoms with E-state index in [9.17, 15) is 9.59 Å². The number of rotatable bonds is 4. The van der Waals surface area contributed by atoms with Gasteiger partial charge in [0.1, 0.15) is 6.04 Å². The molecule has 6 heteroatoms. The predicted octanol–water partition coefficient (Wildman–Crippen LogP) is 2.90. The summed E-state index contributed by atoms with van der Waals surface area (Å²) in [5.74, 6) is -0.837. The number of aliphatic carboxylic acids is 1. The van der Waals surface area contributed by atoms with Gasteiger partial charge in [-0.05, 0) is 31.4 Å². The Morgan fingerprint density at radius 3 is 2.80 bits per heavy atom. The fourth-order valence-corrected chi connectivity index (χ4v) is 3.40. The van der Waals surface area contributed by atoms with Crippen molar-refractivity contribution in [3.63, 3.8) is 0 Å². The van der Waals surface area contributed by atoms with Gasteiger partial charge in [-0.15, -0.1) is 11.8 Å². The third kappa shape index (κ3) is 3.67. The lowest BCUT2D eigenvalue weighted by Gasteiger charge is -2.32. The number of carboxylic acids is 1. The van der Waals surface area contributed by atoms with Gasteiger partial charge in [0.25, 0.3) is 0 Å². The zero-order valence-corrected chi connectivity index (χ0v) is 12.5. The number of carboxylic acid groups (broad SMARTS) is 1. The predicted molar refractivity (Wildman–Crippen MR) is 79.2 cm³/mol. The fraction of sp³-hybridized carbons (Fsp3) is 0.429. The zero-order valence-electron chi connectivity index (χ0n) is 10.9. The minimum absolute atomic E-state index is 0.137. The van der Waals surface area contributed by atoms with E-state index in [0.717, 1.165) is 17.7 Å². The molecule has 1 aromatic rings. The Morgan fingerprint density at radius 1 is 1.35 bits per heavy atom. The molecule has 1 N–H and O–H groups in total. The molecule has 4 nitrogen and oxygen atoms in total. The molecule has 0 spiro atoms. The molecule has 20 heavy (non-hydrogen) atoms. The van der Waals surface area contributed by atoms with Gasteiger partial charge in [-0.2, -0.15) is 0 Å². The van der Waals surface area contributed by atoms with Gasteiger partial charge in [0, 0.05) is 11.4 Å². The van der Waals surface area contributed by atoms with Gasteiger partial charge < -0.3 is 10.0 Å². The Kier molecular flexibility index (Phi) is 5.31. The monoisotopic (exact) mass is 313 g/mol. The first kappa shape index (κ1) is 15.2. The lowest BCUT2D eigenvalue weighted by atomic mass is 10.0. The number of likely N-dealkylation sites (tertiary alicyclic amines) is 1. The van der Waals surface area contributed by atoms with Gasteiger partial charge in [-0.3, -0.25) is 4.79 Å². The number of benzene rings is 1. The van der Waals surface area contributed by atoms with Gasteiger partial charge in [0.15, 0.2) is 0 Å². The third-order valence-corrected chi connectivity index (χ3v) is 4.80. The molecule has 0 aromatic heterocycles. The molecule has 1 amide bonds. The second kappa shape index (κ2) is 6.99.